The molecule has 3 heterocycles. The summed E-state index contributed by atoms with van der Waals surface area (Å²) in [6.07, 6.45) is 0. The van der Waals surface area contributed by atoms with Gasteiger partial charge < -0.3 is 4.90 Å². The monoisotopic (exact) mass is 364 g/mol. The average Bonchev–Trinajstić information content (AvgIpc) is 3.34. The maximum absolute atomic E-state index is 13.1. The molecule has 25 heavy (non-hydrogen) atoms. The van der Waals surface area contributed by atoms with Crippen LogP contribution in [0.5, 0.6) is 0 Å². The Hall–Kier alpha value is -2.50. The van der Waals surface area contributed by atoms with Crippen LogP contribution in [0.1, 0.15) is 15.2 Å². The number of benzene rings is 1. The SMILES string of the molecule is CN(Cc1cccs1)C(=O)c1cc(-c2cccs2)nc2ccccc12. The van der Waals surface area contributed by atoms with Crippen LogP contribution >= 0.6 is 22.7 Å². The van der Waals surface area contributed by atoms with Gasteiger partial charge in [-0.15, -0.1) is 22.7 Å². The Kier molecular flexibility index (Phi) is 4.34. The summed E-state index contributed by atoms with van der Waals surface area (Å²) in [6, 6.07) is 17.8. The van der Waals surface area contributed by atoms with Gasteiger partial charge in [-0.05, 0) is 35.0 Å². The second-order valence-corrected chi connectivity index (χ2v) is 7.77. The highest BCUT2D eigenvalue weighted by Crippen LogP contribution is 2.28. The topological polar surface area (TPSA) is 33.2 Å². The number of amides is 1. The molecular formula is C20H16N2OS2. The molecule has 0 bridgehead atoms. The molecule has 5 heteroatoms. The largest absolute Gasteiger partial charge is 0.337 e. The lowest BCUT2D eigenvalue weighted by Gasteiger charge is -2.18. The van der Waals surface area contributed by atoms with Crippen molar-refractivity contribution in [3.63, 3.8) is 0 Å². The number of pyridine rings is 1. The van der Waals surface area contributed by atoms with Crippen LogP contribution in [0.15, 0.2) is 65.4 Å². The van der Waals surface area contributed by atoms with Crippen molar-refractivity contribution in [3.05, 3.63) is 75.8 Å². The van der Waals surface area contributed by atoms with Gasteiger partial charge in [0.05, 0.1) is 28.2 Å². The Bertz CT molecular complexity index is 1010. The molecule has 0 atom stereocenters. The molecule has 0 aliphatic carbocycles. The molecule has 4 aromatic rings. The third-order valence-corrected chi connectivity index (χ3v) is 5.79. The molecule has 124 valence electrons. The third kappa shape index (κ3) is 3.21. The molecule has 0 aliphatic heterocycles. The van der Waals surface area contributed by atoms with E-state index in [0.717, 1.165) is 21.5 Å². The lowest BCUT2D eigenvalue weighted by atomic mass is 10.1. The minimum absolute atomic E-state index is 0.0183. The zero-order valence-corrected chi connectivity index (χ0v) is 15.3. The maximum atomic E-state index is 13.1. The Morgan fingerprint density at radius 3 is 2.60 bits per heavy atom. The van der Waals surface area contributed by atoms with Crippen LogP contribution in [0.4, 0.5) is 0 Å². The molecule has 0 unspecified atom stereocenters. The first-order chi connectivity index (χ1) is 12.2. The van der Waals surface area contributed by atoms with E-state index < -0.39 is 0 Å². The predicted molar refractivity (Wildman–Crippen MR) is 105 cm³/mol. The highest BCUT2D eigenvalue weighted by Gasteiger charge is 2.18. The van der Waals surface area contributed by atoms with E-state index >= 15 is 0 Å². The van der Waals surface area contributed by atoms with E-state index in [2.05, 4.69) is 6.07 Å². The van der Waals surface area contributed by atoms with Crippen LogP contribution in [0.3, 0.4) is 0 Å². The van der Waals surface area contributed by atoms with Crippen LogP contribution < -0.4 is 0 Å². The molecule has 0 N–H and O–H groups in total. The number of para-hydroxylation sites is 1. The molecule has 0 saturated heterocycles. The summed E-state index contributed by atoms with van der Waals surface area (Å²) in [4.78, 5) is 21.9. The Morgan fingerprint density at radius 2 is 1.84 bits per heavy atom. The zero-order valence-electron chi connectivity index (χ0n) is 13.7. The Morgan fingerprint density at radius 1 is 1.04 bits per heavy atom. The summed E-state index contributed by atoms with van der Waals surface area (Å²) in [7, 11) is 1.85. The van der Waals surface area contributed by atoms with E-state index in [-0.39, 0.29) is 5.91 Å². The van der Waals surface area contributed by atoms with Crippen molar-refractivity contribution < 1.29 is 4.79 Å². The average molecular weight is 364 g/mol. The number of nitrogens with zero attached hydrogens (tertiary/aromatic N) is 2. The normalized spacial score (nSPS) is 10.9. The standard InChI is InChI=1S/C20H16N2OS2/c1-22(13-14-6-4-10-24-14)20(23)16-12-18(19-9-5-11-25-19)21-17-8-3-2-7-15(16)17/h2-12H,13H2,1H3. The number of rotatable bonds is 4. The van der Waals surface area contributed by atoms with Gasteiger partial charge in [0.2, 0.25) is 0 Å². The quantitative estimate of drug-likeness (QED) is 0.492. The van der Waals surface area contributed by atoms with Crippen LogP contribution in [0.2, 0.25) is 0 Å². The van der Waals surface area contributed by atoms with Crippen molar-refractivity contribution in [3.8, 4) is 10.6 Å². The number of aromatic nitrogens is 1. The van der Waals surface area contributed by atoms with E-state index in [9.17, 15) is 4.79 Å². The number of thiophene rings is 2. The molecule has 1 aromatic carbocycles. The second kappa shape index (κ2) is 6.78. The third-order valence-electron chi connectivity index (χ3n) is 4.04. The van der Waals surface area contributed by atoms with Crippen LogP contribution in [0, 0.1) is 0 Å². The van der Waals surface area contributed by atoms with Crippen LogP contribution in [-0.2, 0) is 6.54 Å². The molecule has 0 aliphatic rings. The van der Waals surface area contributed by atoms with E-state index in [1.807, 2.05) is 66.3 Å². The maximum Gasteiger partial charge on any atom is 0.254 e. The van der Waals surface area contributed by atoms with E-state index in [1.54, 1.807) is 27.6 Å². The van der Waals surface area contributed by atoms with Crippen molar-refractivity contribution in [1.82, 2.24) is 9.88 Å². The molecular weight excluding hydrogens is 348 g/mol. The lowest BCUT2D eigenvalue weighted by molar-refractivity contribution is 0.0788. The van der Waals surface area contributed by atoms with Gasteiger partial charge in [-0.25, -0.2) is 4.98 Å². The summed E-state index contributed by atoms with van der Waals surface area (Å²) in [5.74, 6) is 0.0183. The zero-order chi connectivity index (χ0) is 17.2. The van der Waals surface area contributed by atoms with Gasteiger partial charge in [-0.1, -0.05) is 30.3 Å². The molecule has 1 amide bonds. The summed E-state index contributed by atoms with van der Waals surface area (Å²) in [5, 5.41) is 4.95. The van der Waals surface area contributed by atoms with Crippen molar-refractivity contribution in [1.29, 1.82) is 0 Å². The summed E-state index contributed by atoms with van der Waals surface area (Å²) >= 11 is 3.30. The highest BCUT2D eigenvalue weighted by molar-refractivity contribution is 7.13. The second-order valence-electron chi connectivity index (χ2n) is 5.79. The lowest BCUT2D eigenvalue weighted by Crippen LogP contribution is -2.26. The summed E-state index contributed by atoms with van der Waals surface area (Å²) in [6.45, 7) is 0.613. The fourth-order valence-corrected chi connectivity index (χ4v) is 4.26. The first kappa shape index (κ1) is 16.0. The number of hydrogen-bond acceptors (Lipinski definition) is 4. The molecule has 3 nitrogen and oxygen atoms in total. The van der Waals surface area contributed by atoms with Crippen molar-refractivity contribution in [2.24, 2.45) is 0 Å². The highest BCUT2D eigenvalue weighted by atomic mass is 32.1. The number of hydrogen-bond donors (Lipinski definition) is 0. The molecule has 0 spiro atoms. The van der Waals surface area contributed by atoms with Gasteiger partial charge in [-0.3, -0.25) is 4.79 Å². The number of carbonyl (C=O) groups excluding carboxylic acids is 1. The van der Waals surface area contributed by atoms with Gasteiger partial charge in [0.15, 0.2) is 0 Å². The first-order valence-electron chi connectivity index (χ1n) is 7.94. The van der Waals surface area contributed by atoms with Crippen LogP contribution in [-0.4, -0.2) is 22.8 Å². The number of carbonyl (C=O) groups is 1. The summed E-state index contributed by atoms with van der Waals surface area (Å²) in [5.41, 5.74) is 2.40. The van der Waals surface area contributed by atoms with E-state index in [4.69, 9.17) is 4.98 Å². The Labute approximate surface area is 154 Å². The fourth-order valence-electron chi connectivity index (χ4n) is 2.82. The van der Waals surface area contributed by atoms with Gasteiger partial charge >= 0.3 is 0 Å². The van der Waals surface area contributed by atoms with Gasteiger partial charge in [0.1, 0.15) is 0 Å². The van der Waals surface area contributed by atoms with Crippen molar-refractivity contribution in [2.45, 2.75) is 6.54 Å². The van der Waals surface area contributed by atoms with Crippen molar-refractivity contribution in [2.75, 3.05) is 7.05 Å². The minimum atomic E-state index is 0.0183. The smallest absolute Gasteiger partial charge is 0.254 e. The number of fused-ring (bicyclic) bond motifs is 1. The van der Waals surface area contributed by atoms with E-state index in [1.165, 1.54) is 4.88 Å². The fraction of sp³-hybridized carbons (Fsp3) is 0.100. The first-order valence-corrected chi connectivity index (χ1v) is 9.70. The molecule has 4 rings (SSSR count). The molecule has 0 saturated carbocycles. The van der Waals surface area contributed by atoms with Gasteiger partial charge in [0.25, 0.3) is 5.91 Å². The van der Waals surface area contributed by atoms with Crippen molar-refractivity contribution >= 4 is 39.5 Å². The molecule has 3 aromatic heterocycles. The Balaban J connectivity index is 1.78. The molecule has 0 fully saturated rings. The van der Waals surface area contributed by atoms with Crippen LogP contribution in [0.25, 0.3) is 21.5 Å². The summed E-state index contributed by atoms with van der Waals surface area (Å²) < 4.78 is 0. The van der Waals surface area contributed by atoms with Gasteiger partial charge in [0, 0.05) is 17.3 Å². The minimum Gasteiger partial charge on any atom is -0.337 e. The molecule has 0 radical (unpaired) electrons. The van der Waals surface area contributed by atoms with E-state index in [0.29, 0.717) is 12.1 Å². The van der Waals surface area contributed by atoms with Gasteiger partial charge in [-0.2, -0.15) is 0 Å². The predicted octanol–water partition coefficient (Wildman–Crippen LogP) is 5.30.